The molecule has 2 aromatic heterocycles. The maximum atomic E-state index is 12.0. The van der Waals surface area contributed by atoms with Gasteiger partial charge in [0.25, 0.3) is 0 Å². The largest absolute Gasteiger partial charge is 0.478 e. The highest BCUT2D eigenvalue weighted by atomic mass is 35.5. The first-order valence-electron chi connectivity index (χ1n) is 8.75. The Hall–Kier alpha value is -2.57. The Bertz CT molecular complexity index is 1030. The summed E-state index contributed by atoms with van der Waals surface area (Å²) in [5.41, 5.74) is 2.83. The minimum absolute atomic E-state index is 0.125. The van der Waals surface area contributed by atoms with E-state index >= 15 is 0 Å². The second kappa shape index (κ2) is 6.25. The maximum Gasteiger partial charge on any atom is 0.338 e. The average Bonchev–Trinajstić information content (AvgIpc) is 3.16. The third-order valence-electron chi connectivity index (χ3n) is 5.27. The first-order chi connectivity index (χ1) is 12.8. The summed E-state index contributed by atoms with van der Waals surface area (Å²) in [6, 6.07) is 7.29. The van der Waals surface area contributed by atoms with Gasteiger partial charge in [-0.05, 0) is 32.8 Å². The number of H-pyrrole nitrogens is 1. The highest BCUT2D eigenvalue weighted by Crippen LogP contribution is 2.43. The molecule has 0 amide bonds. The standard InChI is InChI=1S/C20H20ClN3O3/c1-11-14(10-23-24(11)12-7-20(2,27)8-12)18-17(19(25)26)15(9-22-18)13-5-3-4-6-16(13)21/h3-6,9-10,12,22,27H,7-8H2,1-2H3,(H,25,26). The average molecular weight is 386 g/mol. The van der Waals surface area contributed by atoms with E-state index in [0.717, 1.165) is 11.3 Å². The number of rotatable bonds is 4. The number of hydrogen-bond acceptors (Lipinski definition) is 3. The fourth-order valence-corrected chi connectivity index (χ4v) is 4.15. The molecule has 0 saturated heterocycles. The molecule has 0 spiro atoms. The lowest BCUT2D eigenvalue weighted by Gasteiger charge is -2.41. The number of hydrogen-bond donors (Lipinski definition) is 3. The van der Waals surface area contributed by atoms with Gasteiger partial charge in [0.15, 0.2) is 0 Å². The minimum atomic E-state index is -1.03. The maximum absolute atomic E-state index is 12.0. The molecule has 6 nitrogen and oxygen atoms in total. The second-order valence-corrected chi connectivity index (χ2v) is 7.79. The van der Waals surface area contributed by atoms with Gasteiger partial charge in [0.2, 0.25) is 0 Å². The van der Waals surface area contributed by atoms with Gasteiger partial charge in [-0.15, -0.1) is 0 Å². The normalized spacial score (nSPS) is 21.9. The molecule has 7 heteroatoms. The summed E-state index contributed by atoms with van der Waals surface area (Å²) >= 11 is 6.27. The van der Waals surface area contributed by atoms with Crippen LogP contribution in [0.25, 0.3) is 22.4 Å². The van der Waals surface area contributed by atoms with Crippen LogP contribution in [0.1, 0.15) is 41.9 Å². The third-order valence-corrected chi connectivity index (χ3v) is 5.60. The molecule has 1 aliphatic carbocycles. The molecule has 140 valence electrons. The molecule has 0 aliphatic heterocycles. The van der Waals surface area contributed by atoms with E-state index < -0.39 is 11.6 Å². The lowest BCUT2D eigenvalue weighted by atomic mass is 9.77. The predicted molar refractivity (Wildman–Crippen MR) is 103 cm³/mol. The van der Waals surface area contributed by atoms with E-state index in [1.807, 2.05) is 30.7 Å². The molecule has 0 atom stereocenters. The van der Waals surface area contributed by atoms with Crippen molar-refractivity contribution in [3.8, 4) is 22.4 Å². The minimum Gasteiger partial charge on any atom is -0.478 e. The van der Waals surface area contributed by atoms with Crippen LogP contribution in [0.15, 0.2) is 36.7 Å². The molecule has 2 heterocycles. The Labute approximate surface area is 161 Å². The zero-order chi connectivity index (χ0) is 19.3. The number of aromatic nitrogens is 3. The summed E-state index contributed by atoms with van der Waals surface area (Å²) in [4.78, 5) is 15.1. The molecular formula is C20H20ClN3O3. The first kappa shape index (κ1) is 17.8. The Morgan fingerprint density at radius 3 is 2.63 bits per heavy atom. The van der Waals surface area contributed by atoms with Gasteiger partial charge in [-0.1, -0.05) is 29.8 Å². The number of aromatic amines is 1. The van der Waals surface area contributed by atoms with Gasteiger partial charge in [0.05, 0.1) is 29.1 Å². The Morgan fingerprint density at radius 2 is 2.00 bits per heavy atom. The molecule has 1 aromatic carbocycles. The third kappa shape index (κ3) is 2.95. The predicted octanol–water partition coefficient (Wildman–Crippen LogP) is 4.29. The van der Waals surface area contributed by atoms with Crippen LogP contribution in [0.2, 0.25) is 5.02 Å². The van der Waals surface area contributed by atoms with Gasteiger partial charge in [-0.2, -0.15) is 5.10 Å². The number of nitrogens with zero attached hydrogens (tertiary/aromatic N) is 2. The van der Waals surface area contributed by atoms with Gasteiger partial charge < -0.3 is 15.2 Å². The topological polar surface area (TPSA) is 91.1 Å². The molecule has 3 aromatic rings. The Morgan fingerprint density at radius 1 is 1.30 bits per heavy atom. The zero-order valence-electron chi connectivity index (χ0n) is 15.0. The molecule has 0 unspecified atom stereocenters. The Balaban J connectivity index is 1.79. The van der Waals surface area contributed by atoms with Gasteiger partial charge in [-0.25, -0.2) is 4.79 Å². The van der Waals surface area contributed by atoms with Crippen LogP contribution >= 0.6 is 11.6 Å². The fourth-order valence-electron chi connectivity index (χ4n) is 3.92. The van der Waals surface area contributed by atoms with E-state index in [1.54, 1.807) is 24.5 Å². The molecule has 27 heavy (non-hydrogen) atoms. The van der Waals surface area contributed by atoms with E-state index in [0.29, 0.717) is 34.7 Å². The zero-order valence-corrected chi connectivity index (χ0v) is 15.8. The monoisotopic (exact) mass is 385 g/mol. The number of carboxylic acids is 1. The lowest BCUT2D eigenvalue weighted by Crippen LogP contribution is -2.42. The van der Waals surface area contributed by atoms with Crippen molar-refractivity contribution >= 4 is 17.6 Å². The van der Waals surface area contributed by atoms with Crippen molar-refractivity contribution in [2.24, 2.45) is 0 Å². The lowest BCUT2D eigenvalue weighted by molar-refractivity contribution is -0.0548. The molecule has 0 bridgehead atoms. The Kier molecular flexibility index (Phi) is 4.13. The highest BCUT2D eigenvalue weighted by molar-refractivity contribution is 6.33. The first-order valence-corrected chi connectivity index (χ1v) is 9.13. The highest BCUT2D eigenvalue weighted by Gasteiger charge is 2.40. The van der Waals surface area contributed by atoms with Crippen LogP contribution in [-0.4, -0.2) is 36.5 Å². The summed E-state index contributed by atoms with van der Waals surface area (Å²) in [5, 5.41) is 24.8. The summed E-state index contributed by atoms with van der Waals surface area (Å²) < 4.78 is 1.87. The number of nitrogens with one attached hydrogen (secondary N) is 1. The number of carbonyl (C=O) groups is 1. The molecule has 3 N–H and O–H groups in total. The summed E-state index contributed by atoms with van der Waals surface area (Å²) in [7, 11) is 0. The van der Waals surface area contributed by atoms with E-state index in [9.17, 15) is 15.0 Å². The smallest absolute Gasteiger partial charge is 0.338 e. The van der Waals surface area contributed by atoms with Gasteiger partial charge in [-0.3, -0.25) is 4.68 Å². The van der Waals surface area contributed by atoms with Crippen molar-refractivity contribution in [1.82, 2.24) is 14.8 Å². The molecule has 0 radical (unpaired) electrons. The molecule has 1 fully saturated rings. The number of aromatic carboxylic acids is 1. The van der Waals surface area contributed by atoms with E-state index in [-0.39, 0.29) is 11.6 Å². The number of benzene rings is 1. The van der Waals surface area contributed by atoms with Crippen LogP contribution < -0.4 is 0 Å². The molecule has 4 rings (SSSR count). The summed E-state index contributed by atoms with van der Waals surface area (Å²) in [6.07, 6.45) is 4.62. The van der Waals surface area contributed by atoms with Crippen LogP contribution in [-0.2, 0) is 0 Å². The van der Waals surface area contributed by atoms with Crippen LogP contribution in [0.5, 0.6) is 0 Å². The summed E-state index contributed by atoms with van der Waals surface area (Å²) in [5.74, 6) is -1.03. The van der Waals surface area contributed by atoms with Crippen LogP contribution in [0.4, 0.5) is 0 Å². The second-order valence-electron chi connectivity index (χ2n) is 7.38. The number of carboxylic acid groups (broad SMARTS) is 1. The molecular weight excluding hydrogens is 366 g/mol. The van der Waals surface area contributed by atoms with E-state index in [1.165, 1.54) is 0 Å². The van der Waals surface area contributed by atoms with Crippen molar-refractivity contribution in [3.63, 3.8) is 0 Å². The van der Waals surface area contributed by atoms with Crippen LogP contribution in [0, 0.1) is 6.92 Å². The quantitative estimate of drug-likeness (QED) is 0.624. The van der Waals surface area contributed by atoms with Crippen molar-refractivity contribution in [2.75, 3.05) is 0 Å². The van der Waals surface area contributed by atoms with Gasteiger partial charge in [0.1, 0.15) is 0 Å². The van der Waals surface area contributed by atoms with Crippen molar-refractivity contribution in [3.05, 3.63) is 52.9 Å². The van der Waals surface area contributed by atoms with Crippen molar-refractivity contribution < 1.29 is 15.0 Å². The van der Waals surface area contributed by atoms with Crippen LogP contribution in [0.3, 0.4) is 0 Å². The molecule has 1 saturated carbocycles. The van der Waals surface area contributed by atoms with Gasteiger partial charge >= 0.3 is 5.97 Å². The fraction of sp³-hybridized carbons (Fsp3) is 0.300. The SMILES string of the molecule is Cc1c(-c2[nH]cc(-c3ccccc3Cl)c2C(=O)O)cnn1C1CC(C)(O)C1. The van der Waals surface area contributed by atoms with E-state index in [4.69, 9.17) is 11.6 Å². The molecule has 1 aliphatic rings. The van der Waals surface area contributed by atoms with Crippen molar-refractivity contribution in [1.29, 1.82) is 0 Å². The van der Waals surface area contributed by atoms with Crippen molar-refractivity contribution in [2.45, 2.75) is 38.3 Å². The van der Waals surface area contributed by atoms with Gasteiger partial charge in [0, 0.05) is 33.6 Å². The number of halogens is 1. The van der Waals surface area contributed by atoms with E-state index in [2.05, 4.69) is 10.1 Å². The number of aliphatic hydroxyl groups is 1. The summed E-state index contributed by atoms with van der Waals surface area (Å²) in [6.45, 7) is 3.73.